The van der Waals surface area contributed by atoms with Crippen LogP contribution in [-0.2, 0) is 11.2 Å². The number of ketones is 1. The Balaban J connectivity index is 0.000000245. The van der Waals surface area contributed by atoms with Crippen molar-refractivity contribution in [2.45, 2.75) is 66.2 Å². The number of rotatable bonds is 6. The Bertz CT molecular complexity index is 867. The van der Waals surface area contributed by atoms with E-state index in [2.05, 4.69) is 19.2 Å². The van der Waals surface area contributed by atoms with Gasteiger partial charge < -0.3 is 10.1 Å². The van der Waals surface area contributed by atoms with Gasteiger partial charge in [0.25, 0.3) is 0 Å². The standard InChI is InChI=1S/C16H23NO2.C11H14O/c1-3-12-7-9-13(10-8-12)16(18)17-14-5-4-6-15(11-14)19-2;1-4-10-8(2)6-5-7-11(10)9(3)12/h4-6,11-13H,3,7-10H2,1-2H3,(H,17,18);5-7H,4H2,1-3H3. The van der Waals surface area contributed by atoms with Gasteiger partial charge in [-0.05, 0) is 75.1 Å². The summed E-state index contributed by atoms with van der Waals surface area (Å²) in [4.78, 5) is 23.4. The molecule has 0 aromatic heterocycles. The first-order valence-electron chi connectivity index (χ1n) is 11.4. The number of carbonyl (C=O) groups excluding carboxylic acids is 2. The molecule has 4 heteroatoms. The van der Waals surface area contributed by atoms with Crippen LogP contribution in [0.1, 0.15) is 74.4 Å². The van der Waals surface area contributed by atoms with Crippen LogP contribution < -0.4 is 10.1 Å². The molecule has 2 aromatic rings. The van der Waals surface area contributed by atoms with Gasteiger partial charge in [-0.15, -0.1) is 0 Å². The third kappa shape index (κ3) is 7.23. The zero-order valence-corrected chi connectivity index (χ0v) is 19.7. The number of methoxy groups -OCH3 is 1. The fourth-order valence-electron chi connectivity index (χ4n) is 4.28. The van der Waals surface area contributed by atoms with Gasteiger partial charge in [-0.2, -0.15) is 0 Å². The smallest absolute Gasteiger partial charge is 0.227 e. The summed E-state index contributed by atoms with van der Waals surface area (Å²) in [6.07, 6.45) is 6.59. The molecule has 0 bridgehead atoms. The molecule has 1 fully saturated rings. The van der Waals surface area contributed by atoms with E-state index in [4.69, 9.17) is 4.74 Å². The summed E-state index contributed by atoms with van der Waals surface area (Å²) in [6, 6.07) is 13.4. The SMILES string of the molecule is CCC1CCC(C(=O)Nc2cccc(OC)c2)CC1.CCc1c(C)cccc1C(C)=O. The molecule has 0 radical (unpaired) electrons. The lowest BCUT2D eigenvalue weighted by Gasteiger charge is -2.26. The lowest BCUT2D eigenvalue weighted by molar-refractivity contribution is -0.121. The Labute approximate surface area is 187 Å². The third-order valence-corrected chi connectivity index (χ3v) is 6.28. The van der Waals surface area contributed by atoms with E-state index in [9.17, 15) is 9.59 Å². The second-order valence-electron chi connectivity index (χ2n) is 8.36. The van der Waals surface area contributed by atoms with Crippen LogP contribution in [0.4, 0.5) is 5.69 Å². The maximum Gasteiger partial charge on any atom is 0.227 e. The van der Waals surface area contributed by atoms with E-state index in [1.165, 1.54) is 30.4 Å². The molecule has 168 valence electrons. The molecule has 0 spiro atoms. The first kappa shape index (κ1) is 24.6. The monoisotopic (exact) mass is 423 g/mol. The summed E-state index contributed by atoms with van der Waals surface area (Å²) in [7, 11) is 1.63. The van der Waals surface area contributed by atoms with Crippen LogP contribution in [0.2, 0.25) is 0 Å². The number of carbonyl (C=O) groups is 2. The highest BCUT2D eigenvalue weighted by molar-refractivity contribution is 5.95. The van der Waals surface area contributed by atoms with Gasteiger partial charge in [0.05, 0.1) is 7.11 Å². The van der Waals surface area contributed by atoms with Gasteiger partial charge in [0, 0.05) is 23.2 Å². The Morgan fingerprint density at radius 1 is 1.03 bits per heavy atom. The molecular formula is C27H37NO3. The Hall–Kier alpha value is -2.62. The summed E-state index contributed by atoms with van der Waals surface area (Å²) >= 11 is 0. The molecule has 1 aliphatic carbocycles. The first-order valence-corrected chi connectivity index (χ1v) is 11.4. The number of amides is 1. The second kappa shape index (κ2) is 12.3. The number of hydrogen-bond acceptors (Lipinski definition) is 3. The van der Waals surface area contributed by atoms with Gasteiger partial charge in [0.1, 0.15) is 5.75 Å². The molecule has 0 aliphatic heterocycles. The van der Waals surface area contributed by atoms with Crippen molar-refractivity contribution in [2.75, 3.05) is 12.4 Å². The van der Waals surface area contributed by atoms with Crippen LogP contribution in [0, 0.1) is 18.8 Å². The Morgan fingerprint density at radius 2 is 1.71 bits per heavy atom. The number of benzene rings is 2. The van der Waals surface area contributed by atoms with E-state index >= 15 is 0 Å². The van der Waals surface area contributed by atoms with Crippen LogP contribution in [0.25, 0.3) is 0 Å². The molecule has 1 amide bonds. The summed E-state index contributed by atoms with van der Waals surface area (Å²) in [5.74, 6) is 2.08. The van der Waals surface area contributed by atoms with Crippen molar-refractivity contribution in [3.05, 3.63) is 59.2 Å². The maximum atomic E-state index is 12.2. The molecule has 0 unspecified atom stereocenters. The molecule has 1 aliphatic rings. The number of nitrogens with one attached hydrogen (secondary N) is 1. The van der Waals surface area contributed by atoms with Crippen LogP contribution >= 0.6 is 0 Å². The number of aryl methyl sites for hydroxylation is 1. The van der Waals surface area contributed by atoms with Crippen molar-refractivity contribution in [1.82, 2.24) is 0 Å². The average molecular weight is 424 g/mol. The Kier molecular flexibility index (Phi) is 9.77. The van der Waals surface area contributed by atoms with E-state index in [0.29, 0.717) is 0 Å². The second-order valence-corrected chi connectivity index (χ2v) is 8.36. The van der Waals surface area contributed by atoms with Gasteiger partial charge in [0.15, 0.2) is 5.78 Å². The molecule has 0 atom stereocenters. The maximum absolute atomic E-state index is 12.2. The van der Waals surface area contributed by atoms with E-state index < -0.39 is 0 Å². The zero-order valence-electron chi connectivity index (χ0n) is 19.7. The molecular weight excluding hydrogens is 386 g/mol. The van der Waals surface area contributed by atoms with Gasteiger partial charge in [-0.25, -0.2) is 0 Å². The molecule has 0 heterocycles. The predicted molar refractivity (Wildman–Crippen MR) is 128 cm³/mol. The van der Waals surface area contributed by atoms with Crippen molar-refractivity contribution in [1.29, 1.82) is 0 Å². The molecule has 1 saturated carbocycles. The van der Waals surface area contributed by atoms with Crippen molar-refractivity contribution >= 4 is 17.4 Å². The summed E-state index contributed by atoms with van der Waals surface area (Å²) in [5, 5.41) is 3.00. The van der Waals surface area contributed by atoms with Crippen molar-refractivity contribution < 1.29 is 14.3 Å². The lowest BCUT2D eigenvalue weighted by Crippen LogP contribution is -2.27. The molecule has 3 rings (SSSR count). The minimum absolute atomic E-state index is 0.155. The Morgan fingerprint density at radius 3 is 2.26 bits per heavy atom. The van der Waals surface area contributed by atoms with Crippen LogP contribution in [0.15, 0.2) is 42.5 Å². The topological polar surface area (TPSA) is 55.4 Å². The van der Waals surface area contributed by atoms with Crippen molar-refractivity contribution in [2.24, 2.45) is 11.8 Å². The van der Waals surface area contributed by atoms with Gasteiger partial charge >= 0.3 is 0 Å². The first-order chi connectivity index (χ1) is 14.9. The quantitative estimate of drug-likeness (QED) is 0.532. The van der Waals surface area contributed by atoms with E-state index in [0.717, 1.165) is 42.2 Å². The fraction of sp³-hybridized carbons (Fsp3) is 0.481. The van der Waals surface area contributed by atoms with Crippen molar-refractivity contribution in [3.8, 4) is 5.75 Å². The van der Waals surface area contributed by atoms with E-state index in [1.807, 2.05) is 49.4 Å². The highest BCUT2D eigenvalue weighted by Crippen LogP contribution is 2.31. The minimum atomic E-state index is 0.155. The fourth-order valence-corrected chi connectivity index (χ4v) is 4.28. The van der Waals surface area contributed by atoms with Gasteiger partial charge in [-0.3, -0.25) is 9.59 Å². The number of hydrogen-bond donors (Lipinski definition) is 1. The van der Waals surface area contributed by atoms with E-state index in [-0.39, 0.29) is 17.6 Å². The summed E-state index contributed by atoms with van der Waals surface area (Å²) in [5.41, 5.74) is 4.09. The lowest BCUT2D eigenvalue weighted by atomic mass is 9.80. The van der Waals surface area contributed by atoms with Gasteiger partial charge in [0.2, 0.25) is 5.91 Å². The zero-order chi connectivity index (χ0) is 22.8. The molecule has 0 saturated heterocycles. The highest BCUT2D eigenvalue weighted by Gasteiger charge is 2.25. The number of ether oxygens (including phenoxy) is 1. The predicted octanol–water partition coefficient (Wildman–Crippen LogP) is 6.61. The van der Waals surface area contributed by atoms with E-state index in [1.54, 1.807) is 14.0 Å². The highest BCUT2D eigenvalue weighted by atomic mass is 16.5. The van der Waals surface area contributed by atoms with Crippen LogP contribution in [0.3, 0.4) is 0 Å². The third-order valence-electron chi connectivity index (χ3n) is 6.28. The van der Waals surface area contributed by atoms with Crippen LogP contribution in [0.5, 0.6) is 5.75 Å². The number of anilines is 1. The minimum Gasteiger partial charge on any atom is -0.497 e. The van der Waals surface area contributed by atoms with Gasteiger partial charge in [-0.1, -0.05) is 44.5 Å². The summed E-state index contributed by atoms with van der Waals surface area (Å²) < 4.78 is 5.16. The van der Waals surface area contributed by atoms with Crippen LogP contribution in [-0.4, -0.2) is 18.8 Å². The molecule has 1 N–H and O–H groups in total. The molecule has 4 nitrogen and oxygen atoms in total. The average Bonchev–Trinajstić information content (AvgIpc) is 2.79. The largest absolute Gasteiger partial charge is 0.497 e. The van der Waals surface area contributed by atoms with Crippen molar-refractivity contribution in [3.63, 3.8) is 0 Å². The normalized spacial score (nSPS) is 17.8. The molecule has 31 heavy (non-hydrogen) atoms. The summed E-state index contributed by atoms with van der Waals surface area (Å²) in [6.45, 7) is 7.98. The number of Topliss-reactive ketones (excluding diaryl/α,β-unsaturated/α-hetero) is 1. The molecule has 2 aromatic carbocycles.